The van der Waals surface area contributed by atoms with Crippen molar-refractivity contribution in [2.24, 2.45) is 0 Å². The molecule has 0 aliphatic carbocycles. The first kappa shape index (κ1) is 14.6. The Morgan fingerprint density at radius 3 is 2.32 bits per heavy atom. The van der Waals surface area contributed by atoms with E-state index in [9.17, 15) is 9.59 Å². The third-order valence-electron chi connectivity index (χ3n) is 3.88. The first-order valence-corrected chi connectivity index (χ1v) is 7.32. The number of urea groups is 1. The standard InChI is InChI=1S/C17H15ClN2O2/c1-17(13-7-9-14(18)10-8-13)15(21)20(16(22)19-17)11-12-5-3-2-4-6-12/h2-10H,11H2,1H3,(H,19,22)/t17-/m0/s1. The molecular weight excluding hydrogens is 300 g/mol. The number of amides is 3. The Hall–Kier alpha value is -2.33. The van der Waals surface area contributed by atoms with Gasteiger partial charge in [-0.25, -0.2) is 4.79 Å². The van der Waals surface area contributed by atoms with Crippen LogP contribution in [0.4, 0.5) is 4.79 Å². The van der Waals surface area contributed by atoms with Crippen molar-refractivity contribution in [2.45, 2.75) is 19.0 Å². The molecule has 0 unspecified atom stereocenters. The predicted molar refractivity (Wildman–Crippen MR) is 84.3 cm³/mol. The highest BCUT2D eigenvalue weighted by molar-refractivity contribution is 6.30. The summed E-state index contributed by atoms with van der Waals surface area (Å²) in [6.07, 6.45) is 0. The highest BCUT2D eigenvalue weighted by Crippen LogP contribution is 2.30. The normalized spacial score (nSPS) is 21.1. The van der Waals surface area contributed by atoms with Crippen molar-refractivity contribution in [3.8, 4) is 0 Å². The minimum Gasteiger partial charge on any atom is -0.319 e. The van der Waals surface area contributed by atoms with Gasteiger partial charge in [0, 0.05) is 5.02 Å². The lowest BCUT2D eigenvalue weighted by Crippen LogP contribution is -2.40. The minimum absolute atomic E-state index is 0.259. The second-order valence-corrected chi connectivity index (χ2v) is 5.88. The largest absolute Gasteiger partial charge is 0.325 e. The van der Waals surface area contributed by atoms with Crippen LogP contribution in [0, 0.1) is 0 Å². The van der Waals surface area contributed by atoms with E-state index in [-0.39, 0.29) is 18.5 Å². The summed E-state index contributed by atoms with van der Waals surface area (Å²) in [5.74, 6) is -0.260. The van der Waals surface area contributed by atoms with E-state index in [1.807, 2.05) is 30.3 Å². The van der Waals surface area contributed by atoms with E-state index >= 15 is 0 Å². The van der Waals surface area contributed by atoms with Gasteiger partial charge in [0.1, 0.15) is 5.54 Å². The molecule has 1 saturated heterocycles. The fraction of sp³-hybridized carbons (Fsp3) is 0.176. The molecule has 22 heavy (non-hydrogen) atoms. The quantitative estimate of drug-likeness (QED) is 0.884. The van der Waals surface area contributed by atoms with Gasteiger partial charge in [0.05, 0.1) is 6.54 Å². The average molecular weight is 315 g/mol. The number of hydrogen-bond donors (Lipinski definition) is 1. The van der Waals surface area contributed by atoms with Crippen molar-refractivity contribution >= 4 is 23.5 Å². The van der Waals surface area contributed by atoms with Crippen LogP contribution in [0.2, 0.25) is 5.02 Å². The Bertz CT molecular complexity index is 715. The third-order valence-corrected chi connectivity index (χ3v) is 4.13. The maximum absolute atomic E-state index is 12.7. The van der Waals surface area contributed by atoms with Crippen LogP contribution in [0.1, 0.15) is 18.1 Å². The summed E-state index contributed by atoms with van der Waals surface area (Å²) in [7, 11) is 0. The number of nitrogens with one attached hydrogen (secondary N) is 1. The smallest absolute Gasteiger partial charge is 0.319 e. The summed E-state index contributed by atoms with van der Waals surface area (Å²) in [4.78, 5) is 26.2. The zero-order chi connectivity index (χ0) is 15.7. The lowest BCUT2D eigenvalue weighted by molar-refractivity contribution is -0.131. The van der Waals surface area contributed by atoms with Crippen LogP contribution in [0.5, 0.6) is 0 Å². The maximum Gasteiger partial charge on any atom is 0.325 e. The predicted octanol–water partition coefficient (Wildman–Crippen LogP) is 3.31. The highest BCUT2D eigenvalue weighted by Gasteiger charge is 2.48. The Balaban J connectivity index is 1.89. The molecular formula is C17H15ClN2O2. The molecule has 0 spiro atoms. The maximum atomic E-state index is 12.7. The van der Waals surface area contributed by atoms with Gasteiger partial charge in [-0.3, -0.25) is 9.69 Å². The number of benzene rings is 2. The molecule has 3 amide bonds. The first-order valence-electron chi connectivity index (χ1n) is 6.95. The molecule has 2 aromatic rings. The van der Waals surface area contributed by atoms with Crippen molar-refractivity contribution in [1.29, 1.82) is 0 Å². The Morgan fingerprint density at radius 1 is 1.05 bits per heavy atom. The van der Waals surface area contributed by atoms with Crippen LogP contribution >= 0.6 is 11.6 Å². The second kappa shape index (κ2) is 5.46. The number of hydrogen-bond acceptors (Lipinski definition) is 2. The monoisotopic (exact) mass is 314 g/mol. The fourth-order valence-electron chi connectivity index (χ4n) is 2.59. The molecule has 0 bridgehead atoms. The van der Waals surface area contributed by atoms with E-state index in [4.69, 9.17) is 11.6 Å². The molecule has 4 nitrogen and oxygen atoms in total. The minimum atomic E-state index is -1.06. The zero-order valence-corrected chi connectivity index (χ0v) is 12.8. The molecule has 1 aliphatic heterocycles. The topological polar surface area (TPSA) is 49.4 Å². The lowest BCUT2D eigenvalue weighted by Gasteiger charge is -2.22. The summed E-state index contributed by atoms with van der Waals surface area (Å²) >= 11 is 5.88. The molecule has 5 heteroatoms. The van der Waals surface area contributed by atoms with Crippen LogP contribution in [-0.2, 0) is 16.9 Å². The summed E-state index contributed by atoms with van der Waals surface area (Å²) in [5.41, 5.74) is 0.563. The van der Waals surface area contributed by atoms with Crippen molar-refractivity contribution in [3.05, 3.63) is 70.7 Å². The number of halogens is 1. The van der Waals surface area contributed by atoms with Crippen molar-refractivity contribution in [1.82, 2.24) is 10.2 Å². The first-order chi connectivity index (χ1) is 10.5. The number of carbonyl (C=O) groups is 2. The Kier molecular flexibility index (Phi) is 3.62. The van der Waals surface area contributed by atoms with Gasteiger partial charge in [0.25, 0.3) is 5.91 Å². The molecule has 1 heterocycles. The number of imide groups is 1. The molecule has 0 radical (unpaired) electrons. The number of rotatable bonds is 3. The summed E-state index contributed by atoms with van der Waals surface area (Å²) in [6.45, 7) is 1.97. The fourth-order valence-corrected chi connectivity index (χ4v) is 2.71. The zero-order valence-electron chi connectivity index (χ0n) is 12.0. The van der Waals surface area contributed by atoms with Crippen LogP contribution in [0.15, 0.2) is 54.6 Å². The number of carbonyl (C=O) groups excluding carboxylic acids is 2. The molecule has 3 rings (SSSR count). The van der Waals surface area contributed by atoms with Crippen LogP contribution < -0.4 is 5.32 Å². The Labute approximate surface area is 133 Å². The van der Waals surface area contributed by atoms with E-state index in [0.29, 0.717) is 10.6 Å². The van der Waals surface area contributed by atoms with Crippen molar-refractivity contribution in [3.63, 3.8) is 0 Å². The molecule has 1 N–H and O–H groups in total. The molecule has 0 aromatic heterocycles. The van der Waals surface area contributed by atoms with Gasteiger partial charge in [-0.05, 0) is 30.2 Å². The van der Waals surface area contributed by atoms with Gasteiger partial charge in [-0.2, -0.15) is 0 Å². The SMILES string of the molecule is C[C@@]1(c2ccc(Cl)cc2)NC(=O)N(Cc2ccccc2)C1=O. The van der Waals surface area contributed by atoms with Crippen LogP contribution in [-0.4, -0.2) is 16.8 Å². The van der Waals surface area contributed by atoms with E-state index < -0.39 is 5.54 Å². The second-order valence-electron chi connectivity index (χ2n) is 5.44. The molecule has 2 aromatic carbocycles. The average Bonchev–Trinajstić information content (AvgIpc) is 2.73. The van der Waals surface area contributed by atoms with Crippen molar-refractivity contribution in [2.75, 3.05) is 0 Å². The van der Waals surface area contributed by atoms with Crippen LogP contribution in [0.25, 0.3) is 0 Å². The summed E-state index contributed by atoms with van der Waals surface area (Å²) in [5, 5.41) is 3.37. The molecule has 1 atom stereocenters. The number of nitrogens with zero attached hydrogens (tertiary/aromatic N) is 1. The van der Waals surface area contributed by atoms with Gasteiger partial charge in [0.15, 0.2) is 0 Å². The van der Waals surface area contributed by atoms with Gasteiger partial charge >= 0.3 is 6.03 Å². The van der Waals surface area contributed by atoms with E-state index in [1.54, 1.807) is 31.2 Å². The molecule has 1 fully saturated rings. The third kappa shape index (κ3) is 2.46. The molecule has 0 saturated carbocycles. The summed E-state index contributed by atoms with van der Waals surface area (Å²) < 4.78 is 0. The summed E-state index contributed by atoms with van der Waals surface area (Å²) in [6, 6.07) is 16.0. The Morgan fingerprint density at radius 2 is 1.68 bits per heavy atom. The highest BCUT2D eigenvalue weighted by atomic mass is 35.5. The van der Waals surface area contributed by atoms with Crippen molar-refractivity contribution < 1.29 is 9.59 Å². The van der Waals surface area contributed by atoms with E-state index in [1.165, 1.54) is 4.90 Å². The van der Waals surface area contributed by atoms with Gasteiger partial charge in [-0.1, -0.05) is 54.1 Å². The van der Waals surface area contributed by atoms with E-state index in [2.05, 4.69) is 5.32 Å². The van der Waals surface area contributed by atoms with Crippen LogP contribution in [0.3, 0.4) is 0 Å². The van der Waals surface area contributed by atoms with Gasteiger partial charge in [-0.15, -0.1) is 0 Å². The van der Waals surface area contributed by atoms with E-state index in [0.717, 1.165) is 5.56 Å². The van der Waals surface area contributed by atoms with Gasteiger partial charge in [0.2, 0.25) is 0 Å². The molecule has 1 aliphatic rings. The van der Waals surface area contributed by atoms with Gasteiger partial charge < -0.3 is 5.32 Å². The lowest BCUT2D eigenvalue weighted by atomic mass is 9.92. The molecule has 112 valence electrons.